The van der Waals surface area contributed by atoms with Crippen LogP contribution in [0.15, 0.2) is 18.2 Å². The summed E-state index contributed by atoms with van der Waals surface area (Å²) >= 11 is 0. The van der Waals surface area contributed by atoms with E-state index in [1.165, 1.54) is 0 Å². The first-order chi connectivity index (χ1) is 8.18. The molecule has 18 heavy (non-hydrogen) atoms. The molecular weight excluding hydrogens is 224 g/mol. The standard InChI is InChI=1S/C15H26N2O/c1-14(2,3)12-8-7-9-13(17-12)18-11-10-16-15(4,5)6/h7-9,16H,10-11H2,1-6H3. The summed E-state index contributed by atoms with van der Waals surface area (Å²) in [5.74, 6) is 0.707. The smallest absolute Gasteiger partial charge is 0.213 e. The molecule has 0 spiro atoms. The van der Waals surface area contributed by atoms with Crippen LogP contribution in [0, 0.1) is 0 Å². The van der Waals surface area contributed by atoms with E-state index in [2.05, 4.69) is 51.8 Å². The summed E-state index contributed by atoms with van der Waals surface area (Å²) in [6.07, 6.45) is 0. The van der Waals surface area contributed by atoms with Crippen molar-refractivity contribution in [3.05, 3.63) is 23.9 Å². The predicted octanol–water partition coefficient (Wildman–Crippen LogP) is 3.15. The Balaban J connectivity index is 2.49. The zero-order chi connectivity index (χ0) is 13.8. The number of aromatic nitrogens is 1. The van der Waals surface area contributed by atoms with Crippen LogP contribution in [0.25, 0.3) is 0 Å². The molecule has 0 saturated heterocycles. The maximum Gasteiger partial charge on any atom is 0.213 e. The van der Waals surface area contributed by atoms with E-state index in [4.69, 9.17) is 4.74 Å². The summed E-state index contributed by atoms with van der Waals surface area (Å²) in [7, 11) is 0. The number of hydrogen-bond acceptors (Lipinski definition) is 3. The molecular formula is C15H26N2O. The minimum atomic E-state index is 0.0586. The third-order valence-corrected chi connectivity index (χ3v) is 2.50. The van der Waals surface area contributed by atoms with Crippen LogP contribution in [-0.4, -0.2) is 23.7 Å². The summed E-state index contributed by atoms with van der Waals surface area (Å²) in [6.45, 7) is 14.4. The Bertz CT molecular complexity index is 375. The molecule has 0 aliphatic heterocycles. The highest BCUT2D eigenvalue weighted by molar-refractivity contribution is 5.20. The summed E-state index contributed by atoms with van der Waals surface area (Å²) in [5.41, 5.74) is 1.25. The molecule has 0 fully saturated rings. The molecule has 0 radical (unpaired) electrons. The molecule has 1 N–H and O–H groups in total. The van der Waals surface area contributed by atoms with Crippen LogP contribution < -0.4 is 10.1 Å². The van der Waals surface area contributed by atoms with Crippen LogP contribution in [0.1, 0.15) is 47.2 Å². The molecule has 0 amide bonds. The zero-order valence-corrected chi connectivity index (χ0v) is 12.5. The van der Waals surface area contributed by atoms with Crippen molar-refractivity contribution in [2.75, 3.05) is 13.2 Å². The number of rotatable bonds is 4. The maximum absolute atomic E-state index is 5.66. The average molecular weight is 250 g/mol. The number of pyridine rings is 1. The highest BCUT2D eigenvalue weighted by Crippen LogP contribution is 2.21. The van der Waals surface area contributed by atoms with Gasteiger partial charge in [-0.05, 0) is 26.8 Å². The Morgan fingerprint density at radius 3 is 2.33 bits per heavy atom. The first-order valence-corrected chi connectivity index (χ1v) is 6.54. The molecule has 0 unspecified atom stereocenters. The molecule has 1 heterocycles. The van der Waals surface area contributed by atoms with Crippen molar-refractivity contribution in [1.29, 1.82) is 0 Å². The minimum Gasteiger partial charge on any atom is -0.476 e. The summed E-state index contributed by atoms with van der Waals surface area (Å²) in [4.78, 5) is 4.53. The highest BCUT2D eigenvalue weighted by Gasteiger charge is 2.15. The van der Waals surface area contributed by atoms with Gasteiger partial charge in [0.2, 0.25) is 5.88 Å². The lowest BCUT2D eigenvalue weighted by atomic mass is 9.92. The molecule has 1 aromatic heterocycles. The fourth-order valence-electron chi connectivity index (χ4n) is 1.49. The van der Waals surface area contributed by atoms with Gasteiger partial charge in [0.15, 0.2) is 0 Å². The van der Waals surface area contributed by atoms with E-state index < -0.39 is 0 Å². The van der Waals surface area contributed by atoms with Gasteiger partial charge in [-0.25, -0.2) is 4.98 Å². The summed E-state index contributed by atoms with van der Waals surface area (Å²) in [5, 5.41) is 3.38. The van der Waals surface area contributed by atoms with Gasteiger partial charge in [-0.3, -0.25) is 0 Å². The van der Waals surface area contributed by atoms with E-state index >= 15 is 0 Å². The normalized spacial score (nSPS) is 12.6. The Hall–Kier alpha value is -1.09. The van der Waals surface area contributed by atoms with E-state index in [1.54, 1.807) is 0 Å². The van der Waals surface area contributed by atoms with Crippen molar-refractivity contribution in [1.82, 2.24) is 10.3 Å². The quantitative estimate of drug-likeness (QED) is 0.834. The fourth-order valence-corrected chi connectivity index (χ4v) is 1.49. The Morgan fingerprint density at radius 1 is 1.11 bits per heavy atom. The highest BCUT2D eigenvalue weighted by atomic mass is 16.5. The maximum atomic E-state index is 5.66. The topological polar surface area (TPSA) is 34.1 Å². The van der Waals surface area contributed by atoms with Gasteiger partial charge < -0.3 is 10.1 Å². The van der Waals surface area contributed by atoms with E-state index in [0.29, 0.717) is 12.5 Å². The van der Waals surface area contributed by atoms with Crippen molar-refractivity contribution in [3.8, 4) is 5.88 Å². The van der Waals surface area contributed by atoms with Crippen LogP contribution >= 0.6 is 0 Å². The van der Waals surface area contributed by atoms with Crippen LogP contribution in [0.5, 0.6) is 5.88 Å². The summed E-state index contributed by atoms with van der Waals surface area (Å²) in [6, 6.07) is 5.95. The number of ether oxygens (including phenoxy) is 1. The lowest BCUT2D eigenvalue weighted by Crippen LogP contribution is -2.38. The van der Waals surface area contributed by atoms with Gasteiger partial charge in [-0.1, -0.05) is 26.8 Å². The molecule has 1 aromatic rings. The second-order valence-corrected chi connectivity index (χ2v) is 6.64. The third kappa shape index (κ3) is 5.50. The number of nitrogens with one attached hydrogen (secondary N) is 1. The number of hydrogen-bond donors (Lipinski definition) is 1. The average Bonchev–Trinajstić information content (AvgIpc) is 2.22. The van der Waals surface area contributed by atoms with E-state index in [1.807, 2.05) is 18.2 Å². The van der Waals surface area contributed by atoms with Crippen LogP contribution in [0.3, 0.4) is 0 Å². The lowest BCUT2D eigenvalue weighted by molar-refractivity contribution is 0.280. The van der Waals surface area contributed by atoms with E-state index in [-0.39, 0.29) is 11.0 Å². The van der Waals surface area contributed by atoms with Crippen LogP contribution in [0.4, 0.5) is 0 Å². The van der Waals surface area contributed by atoms with E-state index in [0.717, 1.165) is 12.2 Å². The van der Waals surface area contributed by atoms with Gasteiger partial charge >= 0.3 is 0 Å². The van der Waals surface area contributed by atoms with Crippen LogP contribution in [0.2, 0.25) is 0 Å². The van der Waals surface area contributed by atoms with Gasteiger partial charge in [-0.15, -0.1) is 0 Å². The first-order valence-electron chi connectivity index (χ1n) is 6.54. The molecule has 0 atom stereocenters. The molecule has 1 rings (SSSR count). The van der Waals surface area contributed by atoms with Crippen molar-refractivity contribution < 1.29 is 4.74 Å². The van der Waals surface area contributed by atoms with Crippen LogP contribution in [-0.2, 0) is 5.41 Å². The Morgan fingerprint density at radius 2 is 1.78 bits per heavy atom. The largest absolute Gasteiger partial charge is 0.476 e. The predicted molar refractivity (Wildman–Crippen MR) is 76.2 cm³/mol. The molecule has 0 aliphatic carbocycles. The van der Waals surface area contributed by atoms with Crippen molar-refractivity contribution in [2.45, 2.75) is 52.5 Å². The molecule has 3 heteroatoms. The second kappa shape index (κ2) is 5.70. The molecule has 0 aliphatic rings. The minimum absolute atomic E-state index is 0.0586. The fraction of sp³-hybridized carbons (Fsp3) is 0.667. The second-order valence-electron chi connectivity index (χ2n) is 6.64. The SMILES string of the molecule is CC(C)(C)NCCOc1cccc(C(C)(C)C)n1. The molecule has 3 nitrogen and oxygen atoms in total. The van der Waals surface area contributed by atoms with Crippen molar-refractivity contribution >= 4 is 0 Å². The lowest BCUT2D eigenvalue weighted by Gasteiger charge is -2.21. The van der Waals surface area contributed by atoms with Gasteiger partial charge in [0.25, 0.3) is 0 Å². The molecule has 0 bridgehead atoms. The molecule has 0 aromatic carbocycles. The first kappa shape index (κ1) is 15.0. The summed E-state index contributed by atoms with van der Waals surface area (Å²) < 4.78 is 5.66. The van der Waals surface area contributed by atoms with Crippen molar-refractivity contribution in [3.63, 3.8) is 0 Å². The Labute approximate surface area is 111 Å². The Kier molecular flexibility index (Phi) is 4.74. The van der Waals surface area contributed by atoms with Crippen molar-refractivity contribution in [2.24, 2.45) is 0 Å². The van der Waals surface area contributed by atoms with Gasteiger partial charge in [0.05, 0.1) is 0 Å². The van der Waals surface area contributed by atoms with E-state index in [9.17, 15) is 0 Å². The third-order valence-electron chi connectivity index (χ3n) is 2.50. The zero-order valence-electron chi connectivity index (χ0n) is 12.5. The molecule has 0 saturated carbocycles. The van der Waals surface area contributed by atoms with Gasteiger partial charge in [0, 0.05) is 29.3 Å². The monoisotopic (exact) mass is 250 g/mol. The van der Waals surface area contributed by atoms with Gasteiger partial charge in [0.1, 0.15) is 6.61 Å². The molecule has 102 valence electrons. The number of nitrogens with zero attached hydrogens (tertiary/aromatic N) is 1. The van der Waals surface area contributed by atoms with Gasteiger partial charge in [-0.2, -0.15) is 0 Å².